The second kappa shape index (κ2) is 5.38. The van der Waals surface area contributed by atoms with Crippen molar-refractivity contribution in [3.8, 4) is 0 Å². The molecule has 2 rings (SSSR count). The molecule has 0 aromatic heterocycles. The van der Waals surface area contributed by atoms with E-state index in [0.717, 1.165) is 4.47 Å². The molecule has 5 heteroatoms. The van der Waals surface area contributed by atoms with Crippen molar-refractivity contribution in [3.63, 3.8) is 0 Å². The van der Waals surface area contributed by atoms with Gasteiger partial charge >= 0.3 is 0 Å². The molecule has 1 amide bonds. The SMILES string of the molecule is NC(CNC(=O)c1cc(Br)ccc1Cl)C1CC1. The second-order valence-corrected chi connectivity index (χ2v) is 5.66. The molecule has 1 fully saturated rings. The molecule has 92 valence electrons. The summed E-state index contributed by atoms with van der Waals surface area (Å²) in [6, 6.07) is 5.27. The molecule has 1 aromatic rings. The molecule has 1 saturated carbocycles. The molecule has 1 aliphatic carbocycles. The van der Waals surface area contributed by atoms with E-state index >= 15 is 0 Å². The lowest BCUT2D eigenvalue weighted by atomic mass is 10.2. The Balaban J connectivity index is 1.96. The van der Waals surface area contributed by atoms with Gasteiger partial charge in [-0.2, -0.15) is 0 Å². The lowest BCUT2D eigenvalue weighted by Gasteiger charge is -2.12. The molecule has 3 N–H and O–H groups in total. The third kappa shape index (κ3) is 3.44. The lowest BCUT2D eigenvalue weighted by molar-refractivity contribution is 0.0950. The first-order valence-corrected chi connectivity index (χ1v) is 6.74. The quantitative estimate of drug-likeness (QED) is 0.897. The van der Waals surface area contributed by atoms with Gasteiger partial charge < -0.3 is 11.1 Å². The molecule has 0 aliphatic heterocycles. The van der Waals surface area contributed by atoms with Crippen LogP contribution in [0.25, 0.3) is 0 Å². The maximum absolute atomic E-state index is 11.9. The van der Waals surface area contributed by atoms with Crippen LogP contribution < -0.4 is 11.1 Å². The van der Waals surface area contributed by atoms with Crippen LogP contribution in [0.1, 0.15) is 23.2 Å². The van der Waals surface area contributed by atoms with Crippen molar-refractivity contribution in [3.05, 3.63) is 33.3 Å². The molecule has 1 atom stereocenters. The summed E-state index contributed by atoms with van der Waals surface area (Å²) in [5, 5.41) is 3.27. The average molecular weight is 318 g/mol. The fraction of sp³-hybridized carbons (Fsp3) is 0.417. The lowest BCUT2D eigenvalue weighted by Crippen LogP contribution is -2.38. The Bertz CT molecular complexity index is 435. The van der Waals surface area contributed by atoms with Crippen LogP contribution in [0.4, 0.5) is 0 Å². The molecule has 3 nitrogen and oxygen atoms in total. The fourth-order valence-corrected chi connectivity index (χ4v) is 2.23. The molecule has 1 aliphatic rings. The van der Waals surface area contributed by atoms with E-state index in [4.69, 9.17) is 17.3 Å². The monoisotopic (exact) mass is 316 g/mol. The maximum atomic E-state index is 11.9. The summed E-state index contributed by atoms with van der Waals surface area (Å²) < 4.78 is 0.832. The number of halogens is 2. The normalized spacial score (nSPS) is 16.6. The predicted molar refractivity (Wildman–Crippen MR) is 72.2 cm³/mol. The maximum Gasteiger partial charge on any atom is 0.252 e. The van der Waals surface area contributed by atoms with Crippen molar-refractivity contribution >= 4 is 33.4 Å². The number of rotatable bonds is 4. The highest BCUT2D eigenvalue weighted by molar-refractivity contribution is 9.10. The number of hydrogen-bond acceptors (Lipinski definition) is 2. The highest BCUT2D eigenvalue weighted by Crippen LogP contribution is 2.31. The van der Waals surface area contributed by atoms with Crippen LogP contribution in [0.15, 0.2) is 22.7 Å². The average Bonchev–Trinajstić information content (AvgIpc) is 3.12. The van der Waals surface area contributed by atoms with E-state index in [1.807, 2.05) is 0 Å². The van der Waals surface area contributed by atoms with Gasteiger partial charge in [0.15, 0.2) is 0 Å². The zero-order chi connectivity index (χ0) is 12.4. The van der Waals surface area contributed by atoms with Gasteiger partial charge in [0.05, 0.1) is 10.6 Å². The van der Waals surface area contributed by atoms with Crippen LogP contribution >= 0.6 is 27.5 Å². The van der Waals surface area contributed by atoms with E-state index in [9.17, 15) is 4.79 Å². The van der Waals surface area contributed by atoms with Crippen LogP contribution in [0.2, 0.25) is 5.02 Å². The van der Waals surface area contributed by atoms with Crippen LogP contribution in [0.3, 0.4) is 0 Å². The first-order chi connectivity index (χ1) is 8.08. The molecule has 17 heavy (non-hydrogen) atoms. The van der Waals surface area contributed by atoms with Gasteiger partial charge in [0.2, 0.25) is 0 Å². The number of hydrogen-bond donors (Lipinski definition) is 2. The number of amides is 1. The molecular weight excluding hydrogens is 304 g/mol. The zero-order valence-corrected chi connectivity index (χ0v) is 11.6. The van der Waals surface area contributed by atoms with E-state index < -0.39 is 0 Å². The minimum Gasteiger partial charge on any atom is -0.350 e. The Morgan fingerprint density at radius 1 is 1.59 bits per heavy atom. The molecule has 0 saturated heterocycles. The standard InChI is InChI=1S/C12H14BrClN2O/c13-8-3-4-10(14)9(5-8)12(17)16-6-11(15)7-1-2-7/h3-5,7,11H,1-2,6,15H2,(H,16,17). The number of nitrogens with two attached hydrogens (primary N) is 1. The summed E-state index contributed by atoms with van der Waals surface area (Å²) in [5.41, 5.74) is 6.39. The fourth-order valence-electron chi connectivity index (χ4n) is 1.67. The van der Waals surface area contributed by atoms with Gasteiger partial charge in [0.1, 0.15) is 0 Å². The van der Waals surface area contributed by atoms with E-state index in [1.165, 1.54) is 12.8 Å². The number of benzene rings is 1. The Morgan fingerprint density at radius 3 is 2.94 bits per heavy atom. The van der Waals surface area contributed by atoms with Crippen LogP contribution in [0.5, 0.6) is 0 Å². The van der Waals surface area contributed by atoms with Crippen LogP contribution in [0, 0.1) is 5.92 Å². The Labute approximate surface area is 114 Å². The molecule has 1 aromatic carbocycles. The first kappa shape index (κ1) is 12.9. The van der Waals surface area contributed by atoms with Crippen LogP contribution in [-0.4, -0.2) is 18.5 Å². The molecule has 0 radical (unpaired) electrons. The van der Waals surface area contributed by atoms with Crippen molar-refractivity contribution in [1.82, 2.24) is 5.32 Å². The largest absolute Gasteiger partial charge is 0.350 e. The van der Waals surface area contributed by atoms with Crippen molar-refractivity contribution in [2.45, 2.75) is 18.9 Å². The summed E-state index contributed by atoms with van der Waals surface area (Å²) in [5.74, 6) is 0.403. The number of nitrogens with one attached hydrogen (secondary N) is 1. The van der Waals surface area contributed by atoms with Gasteiger partial charge in [-0.3, -0.25) is 4.79 Å². The Kier molecular flexibility index (Phi) is 4.07. The van der Waals surface area contributed by atoms with Crippen molar-refractivity contribution in [2.24, 2.45) is 11.7 Å². The van der Waals surface area contributed by atoms with E-state index in [1.54, 1.807) is 18.2 Å². The Morgan fingerprint density at radius 2 is 2.29 bits per heavy atom. The third-order valence-electron chi connectivity index (χ3n) is 2.90. The van der Waals surface area contributed by atoms with Gasteiger partial charge in [0, 0.05) is 17.1 Å². The molecule has 0 spiro atoms. The predicted octanol–water partition coefficient (Wildman–Crippen LogP) is 2.57. The number of carbonyl (C=O) groups is 1. The van der Waals surface area contributed by atoms with Crippen LogP contribution in [-0.2, 0) is 0 Å². The topological polar surface area (TPSA) is 55.1 Å². The highest BCUT2D eigenvalue weighted by Gasteiger charge is 2.28. The highest BCUT2D eigenvalue weighted by atomic mass is 79.9. The van der Waals surface area contributed by atoms with Gasteiger partial charge in [-0.25, -0.2) is 0 Å². The number of carbonyl (C=O) groups excluding carboxylic acids is 1. The molecule has 0 heterocycles. The first-order valence-electron chi connectivity index (χ1n) is 5.57. The minimum atomic E-state index is -0.174. The van der Waals surface area contributed by atoms with Gasteiger partial charge in [-0.15, -0.1) is 0 Å². The van der Waals surface area contributed by atoms with E-state index in [0.29, 0.717) is 23.0 Å². The van der Waals surface area contributed by atoms with Crippen molar-refractivity contribution < 1.29 is 4.79 Å². The zero-order valence-electron chi connectivity index (χ0n) is 9.25. The van der Waals surface area contributed by atoms with E-state index in [-0.39, 0.29) is 11.9 Å². The van der Waals surface area contributed by atoms with Gasteiger partial charge in [-0.05, 0) is 37.0 Å². The molecular formula is C12H14BrClN2O. The van der Waals surface area contributed by atoms with E-state index in [2.05, 4.69) is 21.2 Å². The minimum absolute atomic E-state index is 0.0601. The molecule has 0 bridgehead atoms. The summed E-state index contributed by atoms with van der Waals surface area (Å²) in [7, 11) is 0. The summed E-state index contributed by atoms with van der Waals surface area (Å²) in [6.07, 6.45) is 2.35. The Hall–Kier alpha value is -0.580. The summed E-state index contributed by atoms with van der Waals surface area (Å²) in [4.78, 5) is 11.9. The molecule has 1 unspecified atom stereocenters. The third-order valence-corrected chi connectivity index (χ3v) is 3.72. The van der Waals surface area contributed by atoms with Gasteiger partial charge in [-0.1, -0.05) is 27.5 Å². The smallest absolute Gasteiger partial charge is 0.252 e. The van der Waals surface area contributed by atoms with Crippen molar-refractivity contribution in [1.29, 1.82) is 0 Å². The summed E-state index contributed by atoms with van der Waals surface area (Å²) >= 11 is 9.28. The second-order valence-electron chi connectivity index (χ2n) is 4.34. The summed E-state index contributed by atoms with van der Waals surface area (Å²) in [6.45, 7) is 0.506. The van der Waals surface area contributed by atoms with Crippen molar-refractivity contribution in [2.75, 3.05) is 6.54 Å². The van der Waals surface area contributed by atoms with Gasteiger partial charge in [0.25, 0.3) is 5.91 Å².